The number of fused-ring (bicyclic) bond motifs is 1. The van der Waals surface area contributed by atoms with Crippen molar-refractivity contribution in [3.63, 3.8) is 0 Å². The van der Waals surface area contributed by atoms with Crippen LogP contribution in [0.5, 0.6) is 0 Å². The maximum atomic E-state index is 12.7. The number of nitrogens with two attached hydrogens (primary N) is 1. The number of pyridine rings is 2. The van der Waals surface area contributed by atoms with E-state index in [0.717, 1.165) is 18.3 Å². The van der Waals surface area contributed by atoms with E-state index in [9.17, 15) is 17.6 Å². The van der Waals surface area contributed by atoms with Crippen molar-refractivity contribution in [3.8, 4) is 0 Å². The van der Waals surface area contributed by atoms with Crippen LogP contribution in [0.4, 0.5) is 23.2 Å². The summed E-state index contributed by atoms with van der Waals surface area (Å²) in [6.45, 7) is 0. The maximum absolute atomic E-state index is 12.7. The Kier molecular flexibility index (Phi) is 2.18. The summed E-state index contributed by atoms with van der Waals surface area (Å²) >= 11 is 0. The molecule has 84 valence electrons. The summed E-state index contributed by atoms with van der Waals surface area (Å²) in [6, 6.07) is 2.02. The number of aromatic nitrogens is 2. The minimum atomic E-state index is -4.64. The lowest BCUT2D eigenvalue weighted by molar-refractivity contribution is -0.140. The van der Waals surface area contributed by atoms with Crippen molar-refractivity contribution in [3.05, 3.63) is 29.8 Å². The van der Waals surface area contributed by atoms with Gasteiger partial charge >= 0.3 is 6.18 Å². The van der Waals surface area contributed by atoms with Crippen molar-refractivity contribution in [1.82, 2.24) is 9.97 Å². The molecule has 7 heteroatoms. The van der Waals surface area contributed by atoms with Gasteiger partial charge in [0.2, 0.25) is 0 Å². The summed E-state index contributed by atoms with van der Waals surface area (Å²) in [5, 5.41) is 0.130. The SMILES string of the molecule is Nc1cc2cc(F)cnc2nc1C(F)(F)F. The van der Waals surface area contributed by atoms with Crippen LogP contribution in [0.25, 0.3) is 11.0 Å². The van der Waals surface area contributed by atoms with E-state index in [1.165, 1.54) is 0 Å². The van der Waals surface area contributed by atoms with Gasteiger partial charge in [-0.25, -0.2) is 14.4 Å². The smallest absolute Gasteiger partial charge is 0.397 e. The molecule has 0 saturated heterocycles. The quantitative estimate of drug-likeness (QED) is 0.708. The van der Waals surface area contributed by atoms with Gasteiger partial charge in [0.15, 0.2) is 11.3 Å². The summed E-state index contributed by atoms with van der Waals surface area (Å²) < 4.78 is 50.0. The normalized spacial score (nSPS) is 12.0. The van der Waals surface area contributed by atoms with Crippen LogP contribution in [0.15, 0.2) is 18.3 Å². The van der Waals surface area contributed by atoms with E-state index >= 15 is 0 Å². The van der Waals surface area contributed by atoms with Crippen LogP contribution < -0.4 is 5.73 Å². The number of hydrogen-bond donors (Lipinski definition) is 1. The van der Waals surface area contributed by atoms with E-state index in [2.05, 4.69) is 9.97 Å². The Morgan fingerprint density at radius 1 is 1.19 bits per heavy atom. The van der Waals surface area contributed by atoms with Crippen LogP contribution in [-0.2, 0) is 6.18 Å². The molecule has 0 saturated carbocycles. The van der Waals surface area contributed by atoms with Gasteiger partial charge in [0, 0.05) is 5.39 Å². The highest BCUT2D eigenvalue weighted by molar-refractivity contribution is 5.79. The van der Waals surface area contributed by atoms with Gasteiger partial charge in [-0.3, -0.25) is 0 Å². The molecule has 0 atom stereocenters. The van der Waals surface area contributed by atoms with Gasteiger partial charge in [-0.05, 0) is 12.1 Å². The Morgan fingerprint density at radius 2 is 1.88 bits per heavy atom. The zero-order valence-corrected chi connectivity index (χ0v) is 7.72. The lowest BCUT2D eigenvalue weighted by atomic mass is 10.2. The van der Waals surface area contributed by atoms with E-state index < -0.39 is 23.4 Å². The molecule has 0 fully saturated rings. The fourth-order valence-electron chi connectivity index (χ4n) is 1.28. The van der Waals surface area contributed by atoms with Gasteiger partial charge in [0.25, 0.3) is 0 Å². The molecule has 2 heterocycles. The molecular weight excluding hydrogens is 226 g/mol. The third-order valence-corrected chi connectivity index (χ3v) is 1.93. The average molecular weight is 231 g/mol. The first-order chi connectivity index (χ1) is 7.38. The first-order valence-electron chi connectivity index (χ1n) is 4.17. The second-order valence-electron chi connectivity index (χ2n) is 3.12. The summed E-state index contributed by atoms with van der Waals surface area (Å²) in [5.74, 6) is -0.659. The molecule has 0 aliphatic heterocycles. The van der Waals surface area contributed by atoms with Gasteiger partial charge in [0.05, 0.1) is 11.9 Å². The fraction of sp³-hybridized carbons (Fsp3) is 0.111. The lowest BCUT2D eigenvalue weighted by Gasteiger charge is -2.09. The minimum Gasteiger partial charge on any atom is -0.397 e. The largest absolute Gasteiger partial charge is 0.435 e. The number of anilines is 1. The molecule has 0 spiro atoms. The van der Waals surface area contributed by atoms with Gasteiger partial charge in [0.1, 0.15) is 5.82 Å². The van der Waals surface area contributed by atoms with Gasteiger partial charge in [-0.1, -0.05) is 0 Å². The number of nitrogen functional groups attached to an aromatic ring is 1. The van der Waals surface area contributed by atoms with E-state index in [-0.39, 0.29) is 11.0 Å². The Labute approximate surface area is 86.9 Å². The number of halogens is 4. The van der Waals surface area contributed by atoms with Crippen molar-refractivity contribution in [2.24, 2.45) is 0 Å². The third-order valence-electron chi connectivity index (χ3n) is 1.93. The second kappa shape index (κ2) is 3.29. The summed E-state index contributed by atoms with van der Waals surface area (Å²) in [4.78, 5) is 6.71. The highest BCUT2D eigenvalue weighted by Gasteiger charge is 2.35. The molecule has 0 amide bonds. The molecule has 2 N–H and O–H groups in total. The molecule has 0 radical (unpaired) electrons. The molecule has 0 aromatic carbocycles. The van der Waals surface area contributed by atoms with Crippen LogP contribution >= 0.6 is 0 Å². The number of nitrogens with zero attached hydrogens (tertiary/aromatic N) is 2. The predicted octanol–water partition coefficient (Wildman–Crippen LogP) is 2.37. The number of hydrogen-bond acceptors (Lipinski definition) is 3. The molecule has 2 aromatic heterocycles. The molecule has 0 unspecified atom stereocenters. The van der Waals surface area contributed by atoms with E-state index in [1.54, 1.807) is 0 Å². The highest BCUT2D eigenvalue weighted by Crippen LogP contribution is 2.33. The molecule has 0 aliphatic carbocycles. The van der Waals surface area contributed by atoms with E-state index in [4.69, 9.17) is 5.73 Å². The maximum Gasteiger partial charge on any atom is 0.435 e. The first kappa shape index (κ1) is 10.6. The van der Waals surface area contributed by atoms with E-state index in [0.29, 0.717) is 0 Å². The Hall–Kier alpha value is -1.92. The summed E-state index contributed by atoms with van der Waals surface area (Å²) in [6.07, 6.45) is -3.85. The number of alkyl halides is 3. The number of rotatable bonds is 0. The molecule has 2 rings (SSSR count). The van der Waals surface area contributed by atoms with Gasteiger partial charge in [-0.15, -0.1) is 0 Å². The van der Waals surface area contributed by atoms with Crippen LogP contribution in [0.1, 0.15) is 5.69 Å². The predicted molar refractivity (Wildman–Crippen MR) is 48.9 cm³/mol. The Morgan fingerprint density at radius 3 is 2.50 bits per heavy atom. The van der Waals surface area contributed by atoms with E-state index in [1.807, 2.05) is 0 Å². The van der Waals surface area contributed by atoms with Gasteiger partial charge in [-0.2, -0.15) is 13.2 Å². The molecule has 2 aromatic rings. The van der Waals surface area contributed by atoms with Crippen LogP contribution in [0.2, 0.25) is 0 Å². The van der Waals surface area contributed by atoms with Crippen molar-refractivity contribution in [1.29, 1.82) is 0 Å². The zero-order chi connectivity index (χ0) is 11.9. The van der Waals surface area contributed by atoms with Crippen molar-refractivity contribution in [2.75, 3.05) is 5.73 Å². The average Bonchev–Trinajstić information content (AvgIpc) is 2.14. The second-order valence-corrected chi connectivity index (χ2v) is 3.12. The van der Waals surface area contributed by atoms with Crippen molar-refractivity contribution < 1.29 is 17.6 Å². The minimum absolute atomic E-state index is 0.130. The fourth-order valence-corrected chi connectivity index (χ4v) is 1.28. The summed E-state index contributed by atoms with van der Waals surface area (Å²) in [5.41, 5.74) is 3.24. The van der Waals surface area contributed by atoms with Gasteiger partial charge < -0.3 is 5.73 Å². The standard InChI is InChI=1S/C9H5F4N3/c10-5-1-4-2-6(14)7(9(11,12)13)16-8(4)15-3-5/h1-3H,14H2. The topological polar surface area (TPSA) is 51.8 Å². The van der Waals surface area contributed by atoms with Crippen molar-refractivity contribution >= 4 is 16.7 Å². The Balaban J connectivity index is 2.72. The molecular formula is C9H5F4N3. The Bertz CT molecular complexity index is 550. The lowest BCUT2D eigenvalue weighted by Crippen LogP contribution is -2.12. The third kappa shape index (κ3) is 1.75. The highest BCUT2D eigenvalue weighted by atomic mass is 19.4. The molecule has 0 aliphatic rings. The molecule has 3 nitrogen and oxygen atoms in total. The van der Waals surface area contributed by atoms with Crippen LogP contribution in [0, 0.1) is 5.82 Å². The first-order valence-corrected chi connectivity index (χ1v) is 4.17. The molecule has 0 bridgehead atoms. The summed E-state index contributed by atoms with van der Waals surface area (Å²) in [7, 11) is 0. The molecule has 16 heavy (non-hydrogen) atoms. The van der Waals surface area contributed by atoms with Crippen molar-refractivity contribution in [2.45, 2.75) is 6.18 Å². The van der Waals surface area contributed by atoms with Crippen LogP contribution in [0.3, 0.4) is 0 Å². The van der Waals surface area contributed by atoms with Crippen LogP contribution in [-0.4, -0.2) is 9.97 Å². The zero-order valence-electron chi connectivity index (χ0n) is 7.72. The monoisotopic (exact) mass is 231 g/mol.